The van der Waals surface area contributed by atoms with Crippen molar-refractivity contribution in [3.8, 4) is 0 Å². The number of nitrogens with zero attached hydrogens (tertiary/aromatic N) is 3. The number of rotatable bonds is 6. The van der Waals surface area contributed by atoms with Crippen molar-refractivity contribution >= 4 is 22.2 Å². The van der Waals surface area contributed by atoms with Gasteiger partial charge in [0, 0.05) is 55.6 Å². The van der Waals surface area contributed by atoms with Crippen LogP contribution in [0.4, 0.5) is 4.39 Å². The second kappa shape index (κ2) is 8.44. The number of aliphatic hydroxyl groups excluding tert-OH is 1. The normalized spacial score (nSPS) is 19.0. The predicted molar refractivity (Wildman–Crippen MR) is 107 cm³/mol. The van der Waals surface area contributed by atoms with E-state index in [1.165, 1.54) is 10.9 Å². The highest BCUT2D eigenvalue weighted by molar-refractivity contribution is 7.09. The van der Waals surface area contributed by atoms with Gasteiger partial charge >= 0.3 is 0 Å². The minimum atomic E-state index is -0.270. The third kappa shape index (κ3) is 4.35. The second-order valence-electron chi connectivity index (χ2n) is 7.07. The molecule has 0 aliphatic carbocycles. The lowest BCUT2D eigenvalue weighted by Gasteiger charge is -2.41. The summed E-state index contributed by atoms with van der Waals surface area (Å²) < 4.78 is 14.0. The lowest BCUT2D eigenvalue weighted by atomic mass is 10.1. The van der Waals surface area contributed by atoms with Crippen molar-refractivity contribution in [3.63, 3.8) is 0 Å². The third-order valence-electron chi connectivity index (χ3n) is 5.20. The van der Waals surface area contributed by atoms with Crippen LogP contribution in [-0.2, 0) is 13.1 Å². The maximum absolute atomic E-state index is 14.0. The van der Waals surface area contributed by atoms with Gasteiger partial charge < -0.3 is 5.11 Å². The lowest BCUT2D eigenvalue weighted by Crippen LogP contribution is -2.52. The van der Waals surface area contributed by atoms with Crippen molar-refractivity contribution in [1.29, 1.82) is 0 Å². The summed E-state index contributed by atoms with van der Waals surface area (Å²) in [5.74, 6) is -0.270. The number of pyridine rings is 1. The largest absolute Gasteiger partial charge is 0.396 e. The van der Waals surface area contributed by atoms with Gasteiger partial charge in [0.15, 0.2) is 0 Å². The second-order valence-corrected chi connectivity index (χ2v) is 8.10. The highest BCUT2D eigenvalue weighted by atomic mass is 32.1. The van der Waals surface area contributed by atoms with Crippen molar-refractivity contribution in [2.75, 3.05) is 26.2 Å². The van der Waals surface area contributed by atoms with Gasteiger partial charge in [0.25, 0.3) is 0 Å². The van der Waals surface area contributed by atoms with E-state index in [2.05, 4.69) is 32.3 Å². The van der Waals surface area contributed by atoms with E-state index in [0.717, 1.165) is 43.7 Å². The molecular formula is C21H24FN3OS. The molecule has 0 saturated carbocycles. The van der Waals surface area contributed by atoms with Crippen LogP contribution in [0.3, 0.4) is 0 Å². The molecule has 1 fully saturated rings. The fraction of sp³-hybridized carbons (Fsp3) is 0.381. The van der Waals surface area contributed by atoms with Gasteiger partial charge in [-0.05, 0) is 30.0 Å². The number of fused-ring (bicyclic) bond motifs is 1. The van der Waals surface area contributed by atoms with E-state index < -0.39 is 0 Å². The SMILES string of the molecule is OCCC1CN(Cc2ccc3cccc(F)c3n2)CCN1Cc1cccs1. The zero-order valence-corrected chi connectivity index (χ0v) is 16.0. The van der Waals surface area contributed by atoms with E-state index in [1.54, 1.807) is 17.4 Å². The van der Waals surface area contributed by atoms with Crippen LogP contribution in [-0.4, -0.2) is 52.2 Å². The minimum absolute atomic E-state index is 0.193. The fourth-order valence-electron chi connectivity index (χ4n) is 3.80. The van der Waals surface area contributed by atoms with Gasteiger partial charge in [0.2, 0.25) is 0 Å². The van der Waals surface area contributed by atoms with Gasteiger partial charge in [-0.3, -0.25) is 9.80 Å². The summed E-state index contributed by atoms with van der Waals surface area (Å²) in [6, 6.07) is 13.6. The van der Waals surface area contributed by atoms with Gasteiger partial charge in [-0.2, -0.15) is 0 Å². The summed E-state index contributed by atoms with van der Waals surface area (Å²) in [5.41, 5.74) is 1.33. The molecule has 1 aromatic carbocycles. The highest BCUT2D eigenvalue weighted by Crippen LogP contribution is 2.21. The fourth-order valence-corrected chi connectivity index (χ4v) is 4.53. The van der Waals surface area contributed by atoms with Crippen LogP contribution in [0.2, 0.25) is 0 Å². The quantitative estimate of drug-likeness (QED) is 0.705. The first kappa shape index (κ1) is 18.5. The summed E-state index contributed by atoms with van der Waals surface area (Å²) in [6.45, 7) is 4.64. The van der Waals surface area contributed by atoms with E-state index in [1.807, 2.05) is 18.2 Å². The maximum atomic E-state index is 14.0. The summed E-state index contributed by atoms with van der Waals surface area (Å²) in [5, 5.41) is 12.4. The maximum Gasteiger partial charge on any atom is 0.149 e. The molecule has 1 N–H and O–H groups in total. The molecule has 0 bridgehead atoms. The van der Waals surface area contributed by atoms with Crippen LogP contribution in [0.15, 0.2) is 47.8 Å². The molecule has 1 atom stereocenters. The van der Waals surface area contributed by atoms with E-state index >= 15 is 0 Å². The van der Waals surface area contributed by atoms with Crippen LogP contribution < -0.4 is 0 Å². The van der Waals surface area contributed by atoms with Crippen molar-refractivity contribution in [2.24, 2.45) is 0 Å². The molecule has 1 aliphatic heterocycles. The number of aliphatic hydroxyl groups is 1. The standard InChI is InChI=1S/C21H24FN3OS/c22-20-5-1-3-16-6-7-17(23-21(16)20)13-24-9-10-25(18(14-24)8-11-26)15-19-4-2-12-27-19/h1-7,12,18,26H,8-11,13-15H2. The van der Waals surface area contributed by atoms with E-state index in [0.29, 0.717) is 18.1 Å². The van der Waals surface area contributed by atoms with Gasteiger partial charge in [-0.25, -0.2) is 9.37 Å². The number of thiophene rings is 1. The molecule has 1 unspecified atom stereocenters. The Bertz CT molecular complexity index is 886. The number of halogens is 1. The number of hydrogen-bond donors (Lipinski definition) is 1. The number of piperazine rings is 1. The molecule has 0 spiro atoms. The molecule has 4 rings (SSSR count). The number of aromatic nitrogens is 1. The Kier molecular flexibility index (Phi) is 5.78. The van der Waals surface area contributed by atoms with E-state index in [9.17, 15) is 9.50 Å². The Hall–Kier alpha value is -1.86. The number of hydrogen-bond acceptors (Lipinski definition) is 5. The van der Waals surface area contributed by atoms with Gasteiger partial charge in [0.1, 0.15) is 11.3 Å². The molecule has 4 nitrogen and oxygen atoms in total. The zero-order chi connectivity index (χ0) is 18.6. The molecule has 27 heavy (non-hydrogen) atoms. The smallest absolute Gasteiger partial charge is 0.149 e. The Morgan fingerprint density at radius 3 is 2.85 bits per heavy atom. The first-order valence-electron chi connectivity index (χ1n) is 9.37. The molecule has 6 heteroatoms. The van der Waals surface area contributed by atoms with Crippen molar-refractivity contribution in [2.45, 2.75) is 25.6 Å². The first-order chi connectivity index (χ1) is 13.2. The molecule has 1 aliphatic rings. The van der Waals surface area contributed by atoms with Gasteiger partial charge in [0.05, 0.1) is 5.69 Å². The molecule has 1 saturated heterocycles. The minimum Gasteiger partial charge on any atom is -0.396 e. The van der Waals surface area contributed by atoms with Crippen LogP contribution in [0, 0.1) is 5.82 Å². The van der Waals surface area contributed by atoms with Gasteiger partial charge in [-0.1, -0.05) is 24.3 Å². The Morgan fingerprint density at radius 1 is 1.11 bits per heavy atom. The molecule has 142 valence electrons. The molecular weight excluding hydrogens is 361 g/mol. The molecule has 3 aromatic rings. The number of para-hydroxylation sites is 1. The summed E-state index contributed by atoms with van der Waals surface area (Å²) in [7, 11) is 0. The van der Waals surface area contributed by atoms with Crippen LogP contribution in [0.5, 0.6) is 0 Å². The van der Waals surface area contributed by atoms with Crippen molar-refractivity contribution in [1.82, 2.24) is 14.8 Å². The van der Waals surface area contributed by atoms with Crippen molar-refractivity contribution < 1.29 is 9.50 Å². The lowest BCUT2D eigenvalue weighted by molar-refractivity contribution is 0.0501. The van der Waals surface area contributed by atoms with E-state index in [-0.39, 0.29) is 12.4 Å². The summed E-state index contributed by atoms with van der Waals surface area (Å²) in [4.78, 5) is 10.7. The molecule has 0 radical (unpaired) electrons. The Balaban J connectivity index is 1.45. The predicted octanol–water partition coefficient (Wildman–Crippen LogP) is 3.50. The van der Waals surface area contributed by atoms with Crippen LogP contribution in [0.25, 0.3) is 10.9 Å². The molecule has 2 aromatic heterocycles. The summed E-state index contributed by atoms with van der Waals surface area (Å²) >= 11 is 1.78. The Labute approximate surface area is 162 Å². The number of benzene rings is 1. The van der Waals surface area contributed by atoms with Crippen molar-refractivity contribution in [3.05, 3.63) is 64.2 Å². The average molecular weight is 386 g/mol. The van der Waals surface area contributed by atoms with E-state index in [4.69, 9.17) is 0 Å². The Morgan fingerprint density at radius 2 is 2.04 bits per heavy atom. The van der Waals surface area contributed by atoms with Gasteiger partial charge in [-0.15, -0.1) is 11.3 Å². The highest BCUT2D eigenvalue weighted by Gasteiger charge is 2.27. The monoisotopic (exact) mass is 385 g/mol. The van der Waals surface area contributed by atoms with Crippen LogP contribution >= 0.6 is 11.3 Å². The average Bonchev–Trinajstić information content (AvgIpc) is 3.18. The topological polar surface area (TPSA) is 39.6 Å². The molecule has 0 amide bonds. The third-order valence-corrected chi connectivity index (χ3v) is 6.07. The zero-order valence-electron chi connectivity index (χ0n) is 15.2. The first-order valence-corrected chi connectivity index (χ1v) is 10.2. The summed E-state index contributed by atoms with van der Waals surface area (Å²) in [6.07, 6.45) is 0.766. The van der Waals surface area contributed by atoms with Crippen LogP contribution in [0.1, 0.15) is 17.0 Å². The molecule has 3 heterocycles.